The fourth-order valence-electron chi connectivity index (χ4n) is 2.89. The predicted octanol–water partition coefficient (Wildman–Crippen LogP) is 1.52. The van der Waals surface area contributed by atoms with Crippen LogP contribution >= 0.6 is 11.3 Å². The average molecular weight is 304 g/mol. The van der Waals surface area contributed by atoms with E-state index in [1.807, 2.05) is 4.90 Å². The summed E-state index contributed by atoms with van der Waals surface area (Å²) in [6.45, 7) is 2.99. The maximum Gasteiger partial charge on any atom is 0.259 e. The Morgan fingerprint density at radius 3 is 2.57 bits per heavy atom. The molecule has 2 aromatic heterocycles. The fourth-order valence-corrected chi connectivity index (χ4v) is 3.93. The minimum Gasteiger partial charge on any atom is -0.365 e. The molecule has 6 nitrogen and oxygen atoms in total. The van der Waals surface area contributed by atoms with Crippen LogP contribution in [-0.2, 0) is 4.79 Å². The molecule has 3 rings (SSSR count). The second kappa shape index (κ2) is 5.40. The summed E-state index contributed by atoms with van der Waals surface area (Å²) in [4.78, 5) is 34.9. The standard InChI is InChI=1S/C14H16N4O2S/c1-8(19)18-6-2-9(3-7-18)10-11-14(17-5-4-16-11)21-12(10)13(15)20/h4-5,9H,2-3,6-7H2,1H3,(H2,15,20). The van der Waals surface area contributed by atoms with Crippen molar-refractivity contribution in [2.45, 2.75) is 25.7 Å². The molecule has 0 spiro atoms. The Balaban J connectivity index is 1.98. The van der Waals surface area contributed by atoms with E-state index >= 15 is 0 Å². The van der Waals surface area contributed by atoms with Gasteiger partial charge in [-0.05, 0) is 18.8 Å². The van der Waals surface area contributed by atoms with Crippen molar-refractivity contribution in [3.8, 4) is 0 Å². The van der Waals surface area contributed by atoms with Gasteiger partial charge in [-0.1, -0.05) is 0 Å². The van der Waals surface area contributed by atoms with E-state index in [1.54, 1.807) is 19.3 Å². The van der Waals surface area contributed by atoms with Gasteiger partial charge in [-0.3, -0.25) is 14.6 Å². The summed E-state index contributed by atoms with van der Waals surface area (Å²) in [5.41, 5.74) is 7.20. The number of rotatable bonds is 2. The highest BCUT2D eigenvalue weighted by Crippen LogP contribution is 2.38. The highest BCUT2D eigenvalue weighted by atomic mass is 32.1. The molecule has 7 heteroatoms. The van der Waals surface area contributed by atoms with E-state index in [4.69, 9.17) is 5.73 Å². The molecule has 2 N–H and O–H groups in total. The number of likely N-dealkylation sites (tertiary alicyclic amines) is 1. The van der Waals surface area contributed by atoms with Gasteiger partial charge >= 0.3 is 0 Å². The summed E-state index contributed by atoms with van der Waals surface area (Å²) in [5.74, 6) is -0.129. The predicted molar refractivity (Wildman–Crippen MR) is 80.2 cm³/mol. The van der Waals surface area contributed by atoms with E-state index < -0.39 is 5.91 Å². The van der Waals surface area contributed by atoms with Crippen LogP contribution in [0.3, 0.4) is 0 Å². The molecule has 0 radical (unpaired) electrons. The van der Waals surface area contributed by atoms with Crippen LogP contribution < -0.4 is 5.73 Å². The minimum absolute atomic E-state index is 0.0959. The van der Waals surface area contributed by atoms with Gasteiger partial charge in [-0.2, -0.15) is 0 Å². The maximum atomic E-state index is 11.7. The zero-order valence-corrected chi connectivity index (χ0v) is 12.5. The molecule has 110 valence electrons. The lowest BCUT2D eigenvalue weighted by molar-refractivity contribution is -0.129. The Morgan fingerprint density at radius 2 is 1.95 bits per heavy atom. The smallest absolute Gasteiger partial charge is 0.259 e. The third-order valence-electron chi connectivity index (χ3n) is 3.94. The molecule has 0 aliphatic carbocycles. The molecule has 2 aromatic rings. The fraction of sp³-hybridized carbons (Fsp3) is 0.429. The van der Waals surface area contributed by atoms with E-state index in [2.05, 4.69) is 9.97 Å². The first-order chi connectivity index (χ1) is 10.1. The first-order valence-corrected chi connectivity index (χ1v) is 7.68. The Kier molecular flexibility index (Phi) is 3.59. The van der Waals surface area contributed by atoms with Crippen molar-refractivity contribution < 1.29 is 9.59 Å². The molecule has 0 unspecified atom stereocenters. The number of carbonyl (C=O) groups is 2. The summed E-state index contributed by atoms with van der Waals surface area (Å²) in [7, 11) is 0. The number of thiophene rings is 1. The summed E-state index contributed by atoms with van der Waals surface area (Å²) in [5, 5.41) is 0. The second-order valence-electron chi connectivity index (χ2n) is 5.20. The van der Waals surface area contributed by atoms with Gasteiger partial charge in [0.1, 0.15) is 10.3 Å². The molecule has 0 bridgehead atoms. The van der Waals surface area contributed by atoms with Crippen LogP contribution in [0.15, 0.2) is 12.4 Å². The molecule has 0 atom stereocenters. The van der Waals surface area contributed by atoms with Crippen molar-refractivity contribution in [3.05, 3.63) is 22.8 Å². The molecule has 0 aromatic carbocycles. The number of hydrogen-bond donors (Lipinski definition) is 1. The monoisotopic (exact) mass is 304 g/mol. The first kappa shape index (κ1) is 13.9. The van der Waals surface area contributed by atoms with Gasteiger partial charge in [-0.25, -0.2) is 4.98 Å². The third-order valence-corrected chi connectivity index (χ3v) is 5.05. The number of aromatic nitrogens is 2. The number of fused-ring (bicyclic) bond motifs is 1. The van der Waals surface area contributed by atoms with E-state index in [0.717, 1.165) is 28.8 Å². The van der Waals surface area contributed by atoms with Crippen molar-refractivity contribution in [2.24, 2.45) is 5.73 Å². The van der Waals surface area contributed by atoms with Crippen molar-refractivity contribution in [1.82, 2.24) is 14.9 Å². The number of carbonyl (C=O) groups excluding carboxylic acids is 2. The average Bonchev–Trinajstić information content (AvgIpc) is 2.87. The summed E-state index contributed by atoms with van der Waals surface area (Å²) in [6, 6.07) is 0. The van der Waals surface area contributed by atoms with Crippen LogP contribution in [0.25, 0.3) is 10.3 Å². The van der Waals surface area contributed by atoms with Crippen LogP contribution in [0.5, 0.6) is 0 Å². The molecular formula is C14H16N4O2S. The molecule has 3 heterocycles. The topological polar surface area (TPSA) is 89.2 Å². The maximum absolute atomic E-state index is 11.7. The Hall–Kier alpha value is -2.02. The largest absolute Gasteiger partial charge is 0.365 e. The van der Waals surface area contributed by atoms with E-state index in [9.17, 15) is 9.59 Å². The second-order valence-corrected chi connectivity index (χ2v) is 6.20. The quantitative estimate of drug-likeness (QED) is 0.911. The summed E-state index contributed by atoms with van der Waals surface area (Å²) >= 11 is 1.30. The van der Waals surface area contributed by atoms with Crippen LogP contribution in [0.1, 0.15) is 40.9 Å². The van der Waals surface area contributed by atoms with E-state index in [-0.39, 0.29) is 11.8 Å². The molecule has 1 saturated heterocycles. The Bertz CT molecular complexity index is 704. The van der Waals surface area contributed by atoms with Crippen LogP contribution in [0.4, 0.5) is 0 Å². The number of amides is 2. The lowest BCUT2D eigenvalue weighted by Crippen LogP contribution is -2.36. The van der Waals surface area contributed by atoms with Crippen molar-refractivity contribution >= 4 is 33.5 Å². The van der Waals surface area contributed by atoms with Crippen LogP contribution in [0, 0.1) is 0 Å². The molecular weight excluding hydrogens is 288 g/mol. The minimum atomic E-state index is -0.427. The van der Waals surface area contributed by atoms with Crippen molar-refractivity contribution in [2.75, 3.05) is 13.1 Å². The van der Waals surface area contributed by atoms with Gasteiger partial charge in [-0.15, -0.1) is 11.3 Å². The van der Waals surface area contributed by atoms with Crippen LogP contribution in [-0.4, -0.2) is 39.8 Å². The lowest BCUT2D eigenvalue weighted by Gasteiger charge is -2.31. The lowest BCUT2D eigenvalue weighted by atomic mass is 9.89. The Labute approximate surface area is 126 Å². The Morgan fingerprint density at radius 1 is 1.29 bits per heavy atom. The normalized spacial score (nSPS) is 16.3. The van der Waals surface area contributed by atoms with Gasteiger partial charge in [0.15, 0.2) is 0 Å². The third kappa shape index (κ3) is 2.49. The van der Waals surface area contributed by atoms with Gasteiger partial charge in [0.2, 0.25) is 5.91 Å². The van der Waals surface area contributed by atoms with Crippen LogP contribution in [0.2, 0.25) is 0 Å². The highest BCUT2D eigenvalue weighted by Gasteiger charge is 2.29. The zero-order valence-electron chi connectivity index (χ0n) is 11.7. The zero-order chi connectivity index (χ0) is 15.0. The van der Waals surface area contributed by atoms with Crippen molar-refractivity contribution in [3.63, 3.8) is 0 Å². The number of nitrogens with zero attached hydrogens (tertiary/aromatic N) is 3. The first-order valence-electron chi connectivity index (χ1n) is 6.86. The molecule has 1 fully saturated rings. The van der Waals surface area contributed by atoms with E-state index in [0.29, 0.717) is 18.0 Å². The molecule has 21 heavy (non-hydrogen) atoms. The van der Waals surface area contributed by atoms with Gasteiger partial charge in [0.25, 0.3) is 5.91 Å². The number of hydrogen-bond acceptors (Lipinski definition) is 5. The molecule has 1 aliphatic rings. The summed E-state index contributed by atoms with van der Waals surface area (Å²) in [6.07, 6.45) is 4.89. The van der Waals surface area contributed by atoms with Gasteiger partial charge < -0.3 is 10.6 Å². The SMILES string of the molecule is CC(=O)N1CCC(c2c(C(N)=O)sc3nccnc23)CC1. The molecule has 2 amide bonds. The number of piperidine rings is 1. The summed E-state index contributed by atoms with van der Waals surface area (Å²) < 4.78 is 0. The molecule has 1 aliphatic heterocycles. The van der Waals surface area contributed by atoms with E-state index in [1.165, 1.54) is 11.3 Å². The highest BCUT2D eigenvalue weighted by molar-refractivity contribution is 7.20. The number of nitrogens with two attached hydrogens (primary N) is 1. The molecule has 0 saturated carbocycles. The number of primary amides is 1. The van der Waals surface area contributed by atoms with Gasteiger partial charge in [0.05, 0.1) is 4.88 Å². The van der Waals surface area contributed by atoms with Crippen molar-refractivity contribution in [1.29, 1.82) is 0 Å². The van der Waals surface area contributed by atoms with Gasteiger partial charge in [0, 0.05) is 38.0 Å².